The maximum atomic E-state index is 12.9. The Morgan fingerprint density at radius 3 is 2.73 bits per heavy atom. The van der Waals surface area contributed by atoms with Gasteiger partial charge in [-0.25, -0.2) is 9.37 Å². The molecule has 2 rings (SSSR count). The molecule has 1 N–H and O–H groups in total. The fourth-order valence-corrected chi connectivity index (χ4v) is 1.88. The molecule has 0 spiro atoms. The van der Waals surface area contributed by atoms with Crippen LogP contribution >= 0.6 is 11.6 Å². The van der Waals surface area contributed by atoms with E-state index in [4.69, 9.17) is 16.3 Å². The maximum Gasteiger partial charge on any atom is 0.262 e. The van der Waals surface area contributed by atoms with Crippen molar-refractivity contribution in [3.8, 4) is 5.75 Å². The Morgan fingerprint density at radius 2 is 2.14 bits per heavy atom. The Morgan fingerprint density at radius 1 is 1.36 bits per heavy atom. The first-order valence-corrected chi connectivity index (χ1v) is 6.84. The lowest BCUT2D eigenvalue weighted by Crippen LogP contribution is -2.20. The van der Waals surface area contributed by atoms with Crippen molar-refractivity contribution in [1.29, 1.82) is 0 Å². The molecule has 5 nitrogen and oxygen atoms in total. The summed E-state index contributed by atoms with van der Waals surface area (Å²) in [5, 5.41) is 2.76. The number of rotatable bonds is 5. The summed E-state index contributed by atoms with van der Waals surface area (Å²) in [6, 6.07) is 7.23. The normalized spacial score (nSPS) is 10.2. The van der Waals surface area contributed by atoms with Crippen molar-refractivity contribution in [2.45, 2.75) is 0 Å². The minimum atomic E-state index is -0.464. The molecule has 7 heteroatoms. The van der Waals surface area contributed by atoms with Crippen molar-refractivity contribution in [1.82, 2.24) is 4.98 Å². The lowest BCUT2D eigenvalue weighted by molar-refractivity contribution is -0.118. The first-order valence-electron chi connectivity index (χ1n) is 6.47. The van der Waals surface area contributed by atoms with E-state index in [1.165, 1.54) is 12.1 Å². The molecule has 1 aromatic heterocycles. The van der Waals surface area contributed by atoms with Crippen molar-refractivity contribution in [3.63, 3.8) is 0 Å². The van der Waals surface area contributed by atoms with Crippen LogP contribution in [0.1, 0.15) is 0 Å². The van der Waals surface area contributed by atoms with Crippen molar-refractivity contribution in [2.24, 2.45) is 0 Å². The minimum absolute atomic E-state index is 0.116. The third kappa shape index (κ3) is 4.33. The number of aromatic nitrogens is 1. The van der Waals surface area contributed by atoms with Crippen LogP contribution in [0.4, 0.5) is 15.9 Å². The van der Waals surface area contributed by atoms with Gasteiger partial charge in [0, 0.05) is 14.1 Å². The van der Waals surface area contributed by atoms with E-state index < -0.39 is 5.82 Å². The molecular weight excluding hydrogens is 309 g/mol. The van der Waals surface area contributed by atoms with E-state index in [9.17, 15) is 9.18 Å². The van der Waals surface area contributed by atoms with Crippen LogP contribution in [0.2, 0.25) is 5.02 Å². The van der Waals surface area contributed by atoms with Gasteiger partial charge < -0.3 is 15.0 Å². The highest BCUT2D eigenvalue weighted by Gasteiger charge is 2.08. The molecule has 0 unspecified atom stereocenters. The topological polar surface area (TPSA) is 54.5 Å². The number of pyridine rings is 1. The minimum Gasteiger partial charge on any atom is -0.482 e. The molecule has 2 aromatic rings. The lowest BCUT2D eigenvalue weighted by atomic mass is 10.3. The smallest absolute Gasteiger partial charge is 0.262 e. The second-order valence-electron chi connectivity index (χ2n) is 4.71. The van der Waals surface area contributed by atoms with Gasteiger partial charge in [0.05, 0.1) is 16.9 Å². The molecule has 0 aliphatic carbocycles. The number of carbonyl (C=O) groups excluding carboxylic acids is 1. The molecule has 1 aromatic carbocycles. The first-order chi connectivity index (χ1) is 10.5. The average molecular weight is 324 g/mol. The van der Waals surface area contributed by atoms with Crippen LogP contribution in [-0.2, 0) is 4.79 Å². The number of halogens is 2. The van der Waals surface area contributed by atoms with E-state index in [1.807, 2.05) is 19.0 Å². The van der Waals surface area contributed by atoms with Crippen LogP contribution in [0.5, 0.6) is 5.75 Å². The van der Waals surface area contributed by atoms with Crippen LogP contribution in [-0.4, -0.2) is 31.6 Å². The summed E-state index contributed by atoms with van der Waals surface area (Å²) in [5.41, 5.74) is 0.560. The zero-order valence-electron chi connectivity index (χ0n) is 12.1. The van der Waals surface area contributed by atoms with E-state index >= 15 is 0 Å². The van der Waals surface area contributed by atoms with E-state index in [1.54, 1.807) is 18.3 Å². The molecule has 0 aliphatic heterocycles. The Kier molecular flexibility index (Phi) is 5.16. The summed E-state index contributed by atoms with van der Waals surface area (Å²) in [6.07, 6.45) is 1.55. The SMILES string of the molecule is CN(C)c1ccc(NC(=O)COc2ccc(F)cc2Cl)cn1. The Balaban J connectivity index is 1.90. The highest BCUT2D eigenvalue weighted by molar-refractivity contribution is 6.32. The van der Waals surface area contributed by atoms with Crippen LogP contribution in [0.25, 0.3) is 0 Å². The number of anilines is 2. The van der Waals surface area contributed by atoms with E-state index in [-0.39, 0.29) is 23.3 Å². The Bertz CT molecular complexity index is 662. The predicted octanol–water partition coefficient (Wildman–Crippen LogP) is 2.96. The second kappa shape index (κ2) is 7.09. The second-order valence-corrected chi connectivity index (χ2v) is 5.12. The molecule has 116 valence electrons. The zero-order valence-corrected chi connectivity index (χ0v) is 12.9. The lowest BCUT2D eigenvalue weighted by Gasteiger charge is -2.12. The standard InChI is InChI=1S/C15H15ClFN3O2/c1-20(2)14-6-4-11(8-18-14)19-15(21)9-22-13-5-3-10(17)7-12(13)16/h3-8H,9H2,1-2H3,(H,19,21). The van der Waals surface area contributed by atoms with Gasteiger partial charge >= 0.3 is 0 Å². The van der Waals surface area contributed by atoms with Gasteiger partial charge in [-0.15, -0.1) is 0 Å². The number of nitrogens with zero attached hydrogens (tertiary/aromatic N) is 2. The van der Waals surface area contributed by atoms with Crippen LogP contribution in [0.3, 0.4) is 0 Å². The van der Waals surface area contributed by atoms with Gasteiger partial charge in [-0.2, -0.15) is 0 Å². The average Bonchev–Trinajstić information content (AvgIpc) is 2.47. The van der Waals surface area contributed by atoms with Gasteiger partial charge in [0.25, 0.3) is 5.91 Å². The third-order valence-electron chi connectivity index (χ3n) is 2.74. The number of amides is 1. The molecule has 1 amide bonds. The number of benzene rings is 1. The van der Waals surface area contributed by atoms with Crippen LogP contribution in [0.15, 0.2) is 36.5 Å². The molecule has 0 bridgehead atoms. The van der Waals surface area contributed by atoms with Crippen molar-refractivity contribution in [2.75, 3.05) is 30.9 Å². The third-order valence-corrected chi connectivity index (χ3v) is 3.04. The summed E-state index contributed by atoms with van der Waals surface area (Å²) < 4.78 is 18.1. The highest BCUT2D eigenvalue weighted by atomic mass is 35.5. The molecule has 22 heavy (non-hydrogen) atoms. The van der Waals surface area contributed by atoms with Crippen molar-refractivity contribution < 1.29 is 13.9 Å². The molecule has 0 radical (unpaired) electrons. The molecule has 0 saturated carbocycles. The van der Waals surface area contributed by atoms with Crippen molar-refractivity contribution >= 4 is 29.0 Å². The number of hydrogen-bond donors (Lipinski definition) is 1. The van der Waals surface area contributed by atoms with Crippen LogP contribution < -0.4 is 15.0 Å². The fraction of sp³-hybridized carbons (Fsp3) is 0.200. The van der Waals surface area contributed by atoms with Gasteiger partial charge in [-0.05, 0) is 30.3 Å². The first kappa shape index (κ1) is 16.0. The van der Waals surface area contributed by atoms with Gasteiger partial charge in [0.15, 0.2) is 6.61 Å². The maximum absolute atomic E-state index is 12.9. The highest BCUT2D eigenvalue weighted by Crippen LogP contribution is 2.24. The molecule has 1 heterocycles. The summed E-state index contributed by atoms with van der Waals surface area (Å²) >= 11 is 5.81. The number of hydrogen-bond acceptors (Lipinski definition) is 4. The number of ether oxygens (including phenoxy) is 1. The molecule has 0 saturated heterocycles. The Labute approximate surface area is 132 Å². The summed E-state index contributed by atoms with van der Waals surface area (Å²) in [5.74, 6) is 0.209. The monoisotopic (exact) mass is 323 g/mol. The molecule has 0 fully saturated rings. The number of nitrogens with one attached hydrogen (secondary N) is 1. The largest absolute Gasteiger partial charge is 0.482 e. The van der Waals surface area contributed by atoms with Gasteiger partial charge in [-0.1, -0.05) is 11.6 Å². The van der Waals surface area contributed by atoms with Crippen LogP contribution in [0, 0.1) is 5.82 Å². The summed E-state index contributed by atoms with van der Waals surface area (Å²) in [7, 11) is 3.75. The van der Waals surface area contributed by atoms with Gasteiger partial charge in [0.2, 0.25) is 0 Å². The predicted molar refractivity (Wildman–Crippen MR) is 84.1 cm³/mol. The molecular formula is C15H15ClFN3O2. The van der Waals surface area contributed by atoms with Gasteiger partial charge in [0.1, 0.15) is 17.4 Å². The quantitative estimate of drug-likeness (QED) is 0.919. The number of carbonyl (C=O) groups is 1. The zero-order chi connectivity index (χ0) is 16.1. The van der Waals surface area contributed by atoms with E-state index in [0.29, 0.717) is 5.69 Å². The van der Waals surface area contributed by atoms with E-state index in [0.717, 1.165) is 11.9 Å². The van der Waals surface area contributed by atoms with Crippen molar-refractivity contribution in [3.05, 3.63) is 47.4 Å². The van der Waals surface area contributed by atoms with E-state index in [2.05, 4.69) is 10.3 Å². The molecule has 0 aliphatic rings. The summed E-state index contributed by atoms with van der Waals surface area (Å²) in [6.45, 7) is -0.235. The fourth-order valence-electron chi connectivity index (χ4n) is 1.66. The molecule has 0 atom stereocenters. The Hall–Kier alpha value is -2.34. The van der Waals surface area contributed by atoms with Gasteiger partial charge in [-0.3, -0.25) is 4.79 Å². The summed E-state index contributed by atoms with van der Waals surface area (Å²) in [4.78, 5) is 17.8.